The third-order valence-electron chi connectivity index (χ3n) is 3.04. The number of halogens is 3. The summed E-state index contributed by atoms with van der Waals surface area (Å²) in [4.78, 5) is 24.7. The van der Waals surface area contributed by atoms with Crippen LogP contribution in [0.4, 0.5) is 10.5 Å². The molecule has 108 valence electrons. The van der Waals surface area contributed by atoms with Crippen LogP contribution >= 0.6 is 47.8 Å². The van der Waals surface area contributed by atoms with Crippen LogP contribution in [0, 0.1) is 0 Å². The first-order valence-corrected chi connectivity index (χ1v) is 8.23. The fraction of sp³-hybridized carbons (Fsp3) is 0.333. The number of likely N-dealkylation sites (tertiary alicyclic amines) is 1. The molecule has 1 fully saturated rings. The molecule has 0 aliphatic carbocycles. The summed E-state index contributed by atoms with van der Waals surface area (Å²) in [5.74, 6) is -0.966. The highest BCUT2D eigenvalue weighted by Crippen LogP contribution is 2.34. The number of aliphatic carboxylic acids is 1. The molecule has 2 amide bonds. The Morgan fingerprint density at radius 1 is 1.25 bits per heavy atom. The van der Waals surface area contributed by atoms with E-state index >= 15 is 0 Å². The van der Waals surface area contributed by atoms with Gasteiger partial charge in [0.2, 0.25) is 0 Å². The smallest absolute Gasteiger partial charge is 0.326 e. The quantitative estimate of drug-likeness (QED) is 0.685. The molecule has 8 heteroatoms. The van der Waals surface area contributed by atoms with E-state index in [-0.39, 0.29) is 0 Å². The lowest BCUT2D eigenvalue weighted by molar-refractivity contribution is -0.141. The van der Waals surface area contributed by atoms with E-state index in [1.165, 1.54) is 4.90 Å². The number of benzene rings is 1. The molecule has 5 nitrogen and oxygen atoms in total. The number of carbonyl (C=O) groups is 2. The van der Waals surface area contributed by atoms with Gasteiger partial charge in [0, 0.05) is 20.0 Å². The number of hydrogen-bond donors (Lipinski definition) is 2. The first-order valence-electron chi connectivity index (χ1n) is 5.85. The Morgan fingerprint density at radius 2 is 1.85 bits per heavy atom. The van der Waals surface area contributed by atoms with Crippen molar-refractivity contribution in [3.63, 3.8) is 0 Å². The molecule has 2 N–H and O–H groups in total. The van der Waals surface area contributed by atoms with Crippen LogP contribution in [0.3, 0.4) is 0 Å². The van der Waals surface area contributed by atoms with Crippen molar-refractivity contribution >= 4 is 65.5 Å². The maximum absolute atomic E-state index is 12.2. The number of carbonyl (C=O) groups excluding carboxylic acids is 1. The van der Waals surface area contributed by atoms with E-state index in [4.69, 9.17) is 5.11 Å². The third kappa shape index (κ3) is 3.35. The molecule has 2 rings (SSSR count). The third-order valence-corrected chi connectivity index (χ3v) is 4.75. The van der Waals surface area contributed by atoms with Crippen molar-refractivity contribution in [2.24, 2.45) is 0 Å². The molecule has 20 heavy (non-hydrogen) atoms. The molecular formula is C12H11Br3N2O3. The summed E-state index contributed by atoms with van der Waals surface area (Å²) in [7, 11) is 0. The Labute approximate surface area is 141 Å². The molecule has 1 aromatic rings. The highest BCUT2D eigenvalue weighted by molar-refractivity contribution is 9.11. The van der Waals surface area contributed by atoms with Crippen LogP contribution in [-0.4, -0.2) is 34.6 Å². The predicted octanol–water partition coefficient (Wildman–Crippen LogP) is 4.06. The highest BCUT2D eigenvalue weighted by Gasteiger charge is 2.34. The molecular weight excluding hydrogens is 460 g/mol. The summed E-state index contributed by atoms with van der Waals surface area (Å²) in [6.07, 6.45) is 1.19. The van der Waals surface area contributed by atoms with Gasteiger partial charge in [0.05, 0.1) is 5.69 Å². The highest BCUT2D eigenvalue weighted by atomic mass is 79.9. The predicted molar refractivity (Wildman–Crippen MR) is 85.9 cm³/mol. The van der Waals surface area contributed by atoms with Crippen molar-refractivity contribution in [2.75, 3.05) is 11.9 Å². The number of nitrogens with zero attached hydrogens (tertiary/aromatic N) is 1. The first kappa shape index (κ1) is 15.8. The zero-order chi connectivity index (χ0) is 14.9. The summed E-state index contributed by atoms with van der Waals surface area (Å²) >= 11 is 10.1. The van der Waals surface area contributed by atoms with Gasteiger partial charge < -0.3 is 15.3 Å². The molecule has 1 heterocycles. The number of urea groups is 1. The van der Waals surface area contributed by atoms with Crippen molar-refractivity contribution < 1.29 is 14.7 Å². The van der Waals surface area contributed by atoms with Gasteiger partial charge in [0.1, 0.15) is 6.04 Å². The topological polar surface area (TPSA) is 69.6 Å². The lowest BCUT2D eigenvalue weighted by atomic mass is 10.2. The summed E-state index contributed by atoms with van der Waals surface area (Å²) in [6.45, 7) is 0.453. The molecule has 1 atom stereocenters. The van der Waals surface area contributed by atoms with Gasteiger partial charge in [0.15, 0.2) is 0 Å². The molecule has 1 saturated heterocycles. The Hall–Kier alpha value is -0.600. The van der Waals surface area contributed by atoms with Crippen LogP contribution in [0.15, 0.2) is 25.6 Å². The van der Waals surface area contributed by atoms with Crippen molar-refractivity contribution in [2.45, 2.75) is 18.9 Å². The monoisotopic (exact) mass is 468 g/mol. The van der Waals surface area contributed by atoms with E-state index in [0.717, 1.165) is 4.47 Å². The Morgan fingerprint density at radius 3 is 2.40 bits per heavy atom. The van der Waals surface area contributed by atoms with Crippen molar-refractivity contribution in [1.29, 1.82) is 0 Å². The summed E-state index contributed by atoms with van der Waals surface area (Å²) < 4.78 is 2.27. The van der Waals surface area contributed by atoms with Crippen LogP contribution in [0.25, 0.3) is 0 Å². The van der Waals surface area contributed by atoms with Gasteiger partial charge in [0.25, 0.3) is 0 Å². The van der Waals surface area contributed by atoms with Crippen LogP contribution in [0.1, 0.15) is 12.8 Å². The van der Waals surface area contributed by atoms with Gasteiger partial charge in [-0.3, -0.25) is 0 Å². The Bertz CT molecular complexity index is 542. The molecule has 0 spiro atoms. The molecule has 1 aromatic carbocycles. The molecule has 0 radical (unpaired) electrons. The minimum absolute atomic E-state index is 0.404. The number of rotatable bonds is 2. The van der Waals surface area contributed by atoms with E-state index in [9.17, 15) is 9.59 Å². The molecule has 0 saturated carbocycles. The minimum atomic E-state index is -0.966. The normalized spacial score (nSPS) is 18.1. The number of anilines is 1. The SMILES string of the molecule is O=C(O)C1CCCN1C(=O)Nc1c(Br)cc(Br)cc1Br. The van der Waals surface area contributed by atoms with Crippen molar-refractivity contribution in [1.82, 2.24) is 4.90 Å². The molecule has 1 aliphatic heterocycles. The second kappa shape index (κ2) is 6.44. The number of nitrogens with one attached hydrogen (secondary N) is 1. The number of carboxylic acid groups (broad SMARTS) is 1. The zero-order valence-corrected chi connectivity index (χ0v) is 15.0. The average molecular weight is 471 g/mol. The largest absolute Gasteiger partial charge is 0.480 e. The second-order valence-electron chi connectivity index (χ2n) is 4.36. The van der Waals surface area contributed by atoms with Crippen LogP contribution in [-0.2, 0) is 4.79 Å². The fourth-order valence-corrected chi connectivity index (χ4v) is 4.56. The van der Waals surface area contributed by atoms with Gasteiger partial charge in [-0.05, 0) is 56.8 Å². The lowest BCUT2D eigenvalue weighted by Crippen LogP contribution is -2.42. The maximum atomic E-state index is 12.2. The summed E-state index contributed by atoms with van der Waals surface area (Å²) in [6, 6.07) is 2.46. The molecule has 0 aromatic heterocycles. The van der Waals surface area contributed by atoms with Crippen molar-refractivity contribution in [3.8, 4) is 0 Å². The van der Waals surface area contributed by atoms with E-state index in [1.807, 2.05) is 0 Å². The summed E-state index contributed by atoms with van der Waals surface area (Å²) in [5, 5.41) is 11.8. The zero-order valence-electron chi connectivity index (χ0n) is 10.2. The van der Waals surface area contributed by atoms with E-state index in [1.54, 1.807) is 12.1 Å². The van der Waals surface area contributed by atoms with E-state index in [0.29, 0.717) is 34.0 Å². The maximum Gasteiger partial charge on any atom is 0.326 e. The van der Waals surface area contributed by atoms with Gasteiger partial charge in [-0.15, -0.1) is 0 Å². The van der Waals surface area contributed by atoms with Gasteiger partial charge in [-0.1, -0.05) is 15.9 Å². The van der Waals surface area contributed by atoms with Gasteiger partial charge >= 0.3 is 12.0 Å². The minimum Gasteiger partial charge on any atom is -0.480 e. The standard InChI is InChI=1S/C12H11Br3N2O3/c13-6-4-7(14)10(8(15)5-6)16-12(20)17-3-1-2-9(17)11(18)19/h4-5,9H,1-3H2,(H,16,20)(H,18,19). The molecule has 1 aliphatic rings. The van der Waals surface area contributed by atoms with Gasteiger partial charge in [-0.25, -0.2) is 9.59 Å². The average Bonchev–Trinajstić information content (AvgIpc) is 2.82. The second-order valence-corrected chi connectivity index (χ2v) is 6.99. The van der Waals surface area contributed by atoms with Crippen LogP contribution in [0.5, 0.6) is 0 Å². The van der Waals surface area contributed by atoms with Crippen LogP contribution < -0.4 is 5.32 Å². The van der Waals surface area contributed by atoms with E-state index < -0.39 is 18.0 Å². The van der Waals surface area contributed by atoms with Crippen LogP contribution in [0.2, 0.25) is 0 Å². The van der Waals surface area contributed by atoms with Gasteiger partial charge in [-0.2, -0.15) is 0 Å². The Balaban J connectivity index is 2.18. The van der Waals surface area contributed by atoms with E-state index in [2.05, 4.69) is 53.1 Å². The molecule has 1 unspecified atom stereocenters. The number of carboxylic acids is 1. The number of hydrogen-bond acceptors (Lipinski definition) is 2. The summed E-state index contributed by atoms with van der Waals surface area (Å²) in [5.41, 5.74) is 0.578. The first-order chi connectivity index (χ1) is 9.40. The fourth-order valence-electron chi connectivity index (χ4n) is 2.11. The lowest BCUT2D eigenvalue weighted by Gasteiger charge is -2.22. The van der Waals surface area contributed by atoms with Crippen molar-refractivity contribution in [3.05, 3.63) is 25.6 Å². The Kier molecular flexibility index (Phi) is 5.09. The number of amides is 2. The molecule has 0 bridgehead atoms.